The lowest BCUT2D eigenvalue weighted by atomic mass is 9.95. The third-order valence-electron chi connectivity index (χ3n) is 7.04. The zero-order valence-corrected chi connectivity index (χ0v) is 25.6. The van der Waals surface area contributed by atoms with Gasteiger partial charge in [-0.3, -0.25) is 9.59 Å². The number of nitrogens with one attached hydrogen (secondary N) is 2. The molecule has 226 valence electrons. The van der Waals surface area contributed by atoms with Gasteiger partial charge in [-0.05, 0) is 44.7 Å². The molecule has 8 heteroatoms. The van der Waals surface area contributed by atoms with E-state index in [1.165, 1.54) is 11.0 Å². The van der Waals surface area contributed by atoms with Crippen LogP contribution >= 0.6 is 0 Å². The summed E-state index contributed by atoms with van der Waals surface area (Å²) in [5.74, 6) is -1.09. The van der Waals surface area contributed by atoms with Crippen molar-refractivity contribution >= 4 is 17.9 Å². The van der Waals surface area contributed by atoms with Crippen LogP contribution in [-0.2, 0) is 20.9 Å². The minimum Gasteiger partial charge on any atom is -0.508 e. The highest BCUT2D eigenvalue weighted by Crippen LogP contribution is 2.31. The van der Waals surface area contributed by atoms with E-state index in [4.69, 9.17) is 4.74 Å². The number of ether oxygens (including phenoxy) is 1. The Kier molecular flexibility index (Phi) is 13.7. The fourth-order valence-corrected chi connectivity index (χ4v) is 4.60. The number of phenolic OH excluding ortho intramolecular Hbond substituents is 1. The molecule has 2 rings (SSSR count). The lowest BCUT2D eigenvalue weighted by molar-refractivity contribution is -0.143. The number of carbonyl (C=O) groups is 3. The van der Waals surface area contributed by atoms with Crippen LogP contribution in [0.15, 0.2) is 54.6 Å². The van der Waals surface area contributed by atoms with Crippen LogP contribution in [0.1, 0.15) is 97.2 Å². The molecule has 0 aliphatic carbocycles. The number of para-hydroxylation sites is 1. The molecular weight excluding hydrogens is 518 g/mol. The van der Waals surface area contributed by atoms with Crippen molar-refractivity contribution in [2.45, 2.75) is 104 Å². The van der Waals surface area contributed by atoms with Crippen molar-refractivity contribution in [2.24, 2.45) is 5.92 Å². The minimum atomic E-state index is -1.09. The van der Waals surface area contributed by atoms with E-state index in [1.807, 2.05) is 44.2 Å². The summed E-state index contributed by atoms with van der Waals surface area (Å²) in [5, 5.41) is 16.6. The van der Waals surface area contributed by atoms with Crippen molar-refractivity contribution < 1.29 is 24.2 Å². The molecule has 3 unspecified atom stereocenters. The lowest BCUT2D eigenvalue weighted by Gasteiger charge is -2.36. The Balaban J connectivity index is 2.49. The van der Waals surface area contributed by atoms with Crippen LogP contribution in [0.5, 0.6) is 5.75 Å². The number of unbranched alkanes of at least 4 members (excludes halogenated alkanes) is 4. The van der Waals surface area contributed by atoms with Gasteiger partial charge in [0.15, 0.2) is 0 Å². The summed E-state index contributed by atoms with van der Waals surface area (Å²) >= 11 is 0. The number of alkyl carbamates (subject to hydrolysis) is 1. The van der Waals surface area contributed by atoms with Crippen LogP contribution < -0.4 is 10.6 Å². The quantitative estimate of drug-likeness (QED) is 0.213. The third kappa shape index (κ3) is 11.1. The van der Waals surface area contributed by atoms with Gasteiger partial charge in [-0.1, -0.05) is 101 Å². The van der Waals surface area contributed by atoms with Gasteiger partial charge in [0.1, 0.15) is 23.4 Å². The van der Waals surface area contributed by atoms with Gasteiger partial charge in [0.25, 0.3) is 0 Å². The van der Waals surface area contributed by atoms with Crippen molar-refractivity contribution in [1.29, 1.82) is 0 Å². The Morgan fingerprint density at radius 3 is 2.17 bits per heavy atom. The third-order valence-corrected chi connectivity index (χ3v) is 7.04. The molecule has 2 aromatic carbocycles. The molecule has 0 radical (unpaired) electrons. The second kappa shape index (κ2) is 16.7. The molecule has 0 aliphatic rings. The minimum absolute atomic E-state index is 0.0728. The molecule has 0 saturated carbocycles. The van der Waals surface area contributed by atoms with Gasteiger partial charge in [0, 0.05) is 18.7 Å². The first-order valence-corrected chi connectivity index (χ1v) is 14.9. The molecule has 41 heavy (non-hydrogen) atoms. The normalized spacial score (nSPS) is 13.5. The standard InChI is InChI=1S/C33H49N3O5/c1-7-9-10-11-17-22-36(31(39)28(24(3)8-2)35-32(40)41-33(4,5)6)29(26-20-15-16-21-27(26)37)30(38)34-23-25-18-13-12-14-19-25/h12-16,18-21,24,28-29,37H,7-11,17,22-23H2,1-6H3,(H,34,38)(H,35,40). The smallest absolute Gasteiger partial charge is 0.408 e. The number of benzene rings is 2. The average molecular weight is 568 g/mol. The van der Waals surface area contributed by atoms with E-state index in [2.05, 4.69) is 17.6 Å². The number of nitrogens with zero attached hydrogens (tertiary/aromatic N) is 1. The van der Waals surface area contributed by atoms with Crippen LogP contribution in [0.2, 0.25) is 0 Å². The van der Waals surface area contributed by atoms with Gasteiger partial charge in [-0.2, -0.15) is 0 Å². The van der Waals surface area contributed by atoms with Crippen molar-refractivity contribution in [3.8, 4) is 5.75 Å². The summed E-state index contributed by atoms with van der Waals surface area (Å²) in [6.45, 7) is 11.8. The maximum atomic E-state index is 14.4. The number of aromatic hydroxyl groups is 1. The largest absolute Gasteiger partial charge is 0.508 e. The van der Waals surface area contributed by atoms with Gasteiger partial charge < -0.3 is 25.4 Å². The zero-order chi connectivity index (χ0) is 30.4. The van der Waals surface area contributed by atoms with Crippen LogP contribution in [-0.4, -0.2) is 46.1 Å². The number of hydrogen-bond acceptors (Lipinski definition) is 5. The maximum Gasteiger partial charge on any atom is 0.408 e. The van der Waals surface area contributed by atoms with E-state index in [0.717, 1.165) is 31.2 Å². The Morgan fingerprint density at radius 1 is 0.927 bits per heavy atom. The zero-order valence-electron chi connectivity index (χ0n) is 25.6. The van der Waals surface area contributed by atoms with Crippen LogP contribution in [0.4, 0.5) is 4.79 Å². The van der Waals surface area contributed by atoms with E-state index in [-0.39, 0.29) is 24.1 Å². The van der Waals surface area contributed by atoms with E-state index < -0.39 is 29.7 Å². The molecule has 0 aliphatic heterocycles. The topological polar surface area (TPSA) is 108 Å². The molecule has 2 aromatic rings. The molecule has 0 bridgehead atoms. The van der Waals surface area contributed by atoms with E-state index in [1.54, 1.807) is 39.0 Å². The van der Waals surface area contributed by atoms with Crippen molar-refractivity contribution in [1.82, 2.24) is 15.5 Å². The highest BCUT2D eigenvalue weighted by atomic mass is 16.6. The monoisotopic (exact) mass is 567 g/mol. The second-order valence-electron chi connectivity index (χ2n) is 11.6. The van der Waals surface area contributed by atoms with E-state index in [0.29, 0.717) is 24.9 Å². The summed E-state index contributed by atoms with van der Waals surface area (Å²) < 4.78 is 5.48. The number of amides is 3. The molecule has 0 saturated heterocycles. The molecule has 0 heterocycles. The summed E-state index contributed by atoms with van der Waals surface area (Å²) in [4.78, 5) is 42.6. The molecule has 0 fully saturated rings. The molecule has 3 N–H and O–H groups in total. The maximum absolute atomic E-state index is 14.4. The SMILES string of the molecule is CCCCCCCN(C(=O)C(NC(=O)OC(C)(C)C)C(C)CC)C(C(=O)NCc1ccccc1)c1ccccc1O. The van der Waals surface area contributed by atoms with E-state index in [9.17, 15) is 19.5 Å². The summed E-state index contributed by atoms with van der Waals surface area (Å²) in [7, 11) is 0. The van der Waals surface area contributed by atoms with Gasteiger partial charge in [-0.15, -0.1) is 0 Å². The van der Waals surface area contributed by atoms with Crippen LogP contribution in [0.25, 0.3) is 0 Å². The van der Waals surface area contributed by atoms with Crippen molar-refractivity contribution in [2.75, 3.05) is 6.54 Å². The predicted molar refractivity (Wildman–Crippen MR) is 162 cm³/mol. The predicted octanol–water partition coefficient (Wildman–Crippen LogP) is 6.49. The van der Waals surface area contributed by atoms with Crippen molar-refractivity contribution in [3.05, 3.63) is 65.7 Å². The van der Waals surface area contributed by atoms with Crippen LogP contribution in [0.3, 0.4) is 0 Å². The Hall–Kier alpha value is -3.55. The van der Waals surface area contributed by atoms with Gasteiger partial charge in [-0.25, -0.2) is 4.79 Å². The molecule has 0 aromatic heterocycles. The molecular formula is C33H49N3O5. The molecule has 8 nitrogen and oxygen atoms in total. The molecule has 0 spiro atoms. The number of carbonyl (C=O) groups excluding carboxylic acids is 3. The summed E-state index contributed by atoms with van der Waals surface area (Å²) in [6, 6.07) is 14.1. The molecule has 3 amide bonds. The molecule has 3 atom stereocenters. The van der Waals surface area contributed by atoms with Gasteiger partial charge in [0.05, 0.1) is 0 Å². The lowest BCUT2D eigenvalue weighted by Crippen LogP contribution is -2.55. The van der Waals surface area contributed by atoms with Crippen LogP contribution in [0, 0.1) is 5.92 Å². The fourth-order valence-electron chi connectivity index (χ4n) is 4.60. The number of rotatable bonds is 15. The Labute approximate surface area is 245 Å². The van der Waals surface area contributed by atoms with Gasteiger partial charge in [0.2, 0.25) is 11.8 Å². The highest BCUT2D eigenvalue weighted by Gasteiger charge is 2.38. The van der Waals surface area contributed by atoms with Crippen molar-refractivity contribution in [3.63, 3.8) is 0 Å². The van der Waals surface area contributed by atoms with E-state index >= 15 is 0 Å². The number of hydrogen-bond donors (Lipinski definition) is 3. The highest BCUT2D eigenvalue weighted by molar-refractivity contribution is 5.92. The Bertz CT molecular complexity index is 1100. The number of phenols is 1. The first-order valence-electron chi connectivity index (χ1n) is 14.9. The van der Waals surface area contributed by atoms with Gasteiger partial charge >= 0.3 is 6.09 Å². The summed E-state index contributed by atoms with van der Waals surface area (Å²) in [6.07, 6.45) is 4.70. The Morgan fingerprint density at radius 2 is 1.56 bits per heavy atom. The fraction of sp³-hybridized carbons (Fsp3) is 0.545. The first kappa shape index (κ1) is 33.7. The first-order chi connectivity index (χ1) is 19.5. The summed E-state index contributed by atoms with van der Waals surface area (Å²) in [5.41, 5.74) is 0.514. The second-order valence-corrected chi connectivity index (χ2v) is 11.6. The average Bonchev–Trinajstić information content (AvgIpc) is 2.93.